The molecule has 0 N–H and O–H groups in total. The molecule has 0 saturated carbocycles. The van der Waals surface area contributed by atoms with Gasteiger partial charge in [-0.2, -0.15) is 15.2 Å². The number of hydrogen-bond donors (Lipinski definition) is 0. The normalized spacial score (nSPS) is 18.6. The Bertz CT molecular complexity index is 3280. The number of aryl methyl sites for hydroxylation is 2. The first-order valence-corrected chi connectivity index (χ1v) is 26.4. The van der Waals surface area contributed by atoms with Gasteiger partial charge in [0.15, 0.2) is 0 Å². The molecule has 1 aliphatic carbocycles. The lowest BCUT2D eigenvalue weighted by Gasteiger charge is -2.40. The third-order valence-corrected chi connectivity index (χ3v) is 16.3. The van der Waals surface area contributed by atoms with Crippen molar-refractivity contribution in [3.05, 3.63) is 115 Å². The summed E-state index contributed by atoms with van der Waals surface area (Å²) in [6.45, 7) is 17.0. The maximum absolute atomic E-state index is 15.6. The molecule has 1 amide bonds. The molecule has 6 aliphatic rings. The zero-order valence-corrected chi connectivity index (χ0v) is 43.9. The molecule has 2 unspecified atom stereocenters. The number of nitriles is 1. The van der Waals surface area contributed by atoms with E-state index in [0.29, 0.717) is 105 Å². The maximum atomic E-state index is 15.6. The first-order valence-electron chi connectivity index (χ1n) is 26.4. The zero-order valence-electron chi connectivity index (χ0n) is 43.9. The van der Waals surface area contributed by atoms with Crippen LogP contribution in [0.2, 0.25) is 0 Å². The first-order chi connectivity index (χ1) is 35.9. The molecule has 74 heavy (non-hydrogen) atoms. The van der Waals surface area contributed by atoms with Crippen LogP contribution in [0, 0.1) is 31.0 Å². The van der Waals surface area contributed by atoms with Crippen molar-refractivity contribution in [3.63, 3.8) is 0 Å². The number of piperazine rings is 1. The molecule has 2 fully saturated rings. The standard InChI is InChI=1S/C51H53FN8O5.C5H11N.C2H3N/c1-6-31-34-22-42-47-35(24-60(42)49(62)36(34)27-65-50(31)63)46-41(15-14-32-29(4)37(52)23-38(53-47)45(32)46)56(7-2)26-43(61)57-18-20-58(21-19-57)48-33-16-17-59(25-39(33)54-51(55-48)64-5)40-13-9-12-30-11-8-10-28(3)44(30)40;1-6-4-2-3-5-6;1-2-3/h8-13,22-23,31,41H,6-7,14-21,24-27H2,1-5H3;2-5H2,1H3;1H3. The monoisotopic (exact) mass is 1000 g/mol. The topological polar surface area (TPSA) is 153 Å². The zero-order chi connectivity index (χ0) is 51.9. The Morgan fingerprint density at radius 2 is 1.64 bits per heavy atom. The number of anilines is 2. The highest BCUT2D eigenvalue weighted by Gasteiger charge is 2.40. The number of methoxy groups -OCH3 is 1. The van der Waals surface area contributed by atoms with Crippen molar-refractivity contribution in [2.45, 2.75) is 105 Å². The van der Waals surface area contributed by atoms with Crippen LogP contribution in [-0.2, 0) is 46.9 Å². The van der Waals surface area contributed by atoms with E-state index in [1.54, 1.807) is 17.7 Å². The van der Waals surface area contributed by atoms with Crippen LogP contribution >= 0.6 is 0 Å². The van der Waals surface area contributed by atoms with E-state index in [2.05, 4.69) is 76.9 Å². The molecule has 0 radical (unpaired) electrons. The summed E-state index contributed by atoms with van der Waals surface area (Å²) in [5, 5.41) is 10.7. The summed E-state index contributed by atoms with van der Waals surface area (Å²) >= 11 is 0. The van der Waals surface area contributed by atoms with E-state index >= 15 is 4.39 Å². The fraction of sp³-hybridized carbons (Fsp3) is 0.466. The molecule has 2 saturated heterocycles. The predicted octanol–water partition coefficient (Wildman–Crippen LogP) is 8.15. The number of likely N-dealkylation sites (N-methyl/N-ethyl adjacent to an activating group) is 1. The average molecular weight is 1000 g/mol. The summed E-state index contributed by atoms with van der Waals surface area (Å²) in [4.78, 5) is 67.5. The van der Waals surface area contributed by atoms with E-state index in [4.69, 9.17) is 29.7 Å². The molecule has 3 aromatic heterocycles. The summed E-state index contributed by atoms with van der Waals surface area (Å²) in [6.07, 6.45) is 5.46. The number of amides is 1. The lowest BCUT2D eigenvalue weighted by Crippen LogP contribution is -2.52. The van der Waals surface area contributed by atoms with Crippen molar-refractivity contribution < 1.29 is 23.5 Å². The number of carbonyl (C=O) groups is 2. The van der Waals surface area contributed by atoms with E-state index in [1.807, 2.05) is 24.8 Å². The second kappa shape index (κ2) is 21.1. The van der Waals surface area contributed by atoms with Gasteiger partial charge in [0.1, 0.15) is 18.2 Å². The van der Waals surface area contributed by atoms with Gasteiger partial charge in [0, 0.05) is 79.3 Å². The molecule has 15 nitrogen and oxygen atoms in total. The van der Waals surface area contributed by atoms with E-state index in [-0.39, 0.29) is 42.4 Å². The minimum Gasteiger partial charge on any atom is -0.467 e. The number of pyridine rings is 2. The number of cyclic esters (lactones) is 1. The molecule has 5 aliphatic heterocycles. The second-order valence-corrected chi connectivity index (χ2v) is 20.4. The maximum Gasteiger partial charge on any atom is 0.318 e. The third kappa shape index (κ3) is 9.12. The molecular formula is C58H67FN10O5. The van der Waals surface area contributed by atoms with E-state index in [0.717, 1.165) is 52.1 Å². The van der Waals surface area contributed by atoms with Crippen LogP contribution in [0.1, 0.15) is 109 Å². The fourth-order valence-corrected chi connectivity index (χ4v) is 12.4. The summed E-state index contributed by atoms with van der Waals surface area (Å²) in [5.41, 5.74) is 10.9. The summed E-state index contributed by atoms with van der Waals surface area (Å²) in [7, 11) is 3.78. The number of hydrogen-bond acceptors (Lipinski definition) is 13. The Hall–Kier alpha value is -6.96. The van der Waals surface area contributed by atoms with Crippen LogP contribution in [0.25, 0.3) is 33.1 Å². The number of fused-ring (bicyclic) bond motifs is 7. The fourth-order valence-electron chi connectivity index (χ4n) is 12.4. The van der Waals surface area contributed by atoms with E-state index in [9.17, 15) is 14.4 Å². The van der Waals surface area contributed by atoms with Crippen molar-refractivity contribution in [3.8, 4) is 23.5 Å². The van der Waals surface area contributed by atoms with Crippen molar-refractivity contribution in [1.29, 1.82) is 5.26 Å². The van der Waals surface area contributed by atoms with E-state index in [1.165, 1.54) is 60.9 Å². The van der Waals surface area contributed by atoms with Crippen LogP contribution in [0.4, 0.5) is 15.9 Å². The van der Waals surface area contributed by atoms with Gasteiger partial charge < -0.3 is 33.6 Å². The van der Waals surface area contributed by atoms with Gasteiger partial charge in [0.2, 0.25) is 5.91 Å². The Labute approximate surface area is 432 Å². The number of likely N-dealkylation sites (tertiary alicyclic amines) is 1. The average Bonchev–Trinajstić information content (AvgIpc) is 4.07. The molecule has 8 heterocycles. The number of nitrogens with zero attached hydrogens (tertiary/aromatic N) is 10. The van der Waals surface area contributed by atoms with Gasteiger partial charge in [-0.1, -0.05) is 44.2 Å². The van der Waals surface area contributed by atoms with Crippen molar-refractivity contribution >= 4 is 45.1 Å². The lowest BCUT2D eigenvalue weighted by molar-refractivity contribution is -0.148. The van der Waals surface area contributed by atoms with Gasteiger partial charge in [-0.25, -0.2) is 9.37 Å². The summed E-state index contributed by atoms with van der Waals surface area (Å²) in [6, 6.07) is 18.3. The highest BCUT2D eigenvalue weighted by molar-refractivity contribution is 5.97. The van der Waals surface area contributed by atoms with Gasteiger partial charge in [-0.15, -0.1) is 0 Å². The van der Waals surface area contributed by atoms with Gasteiger partial charge in [0.05, 0.1) is 66.9 Å². The number of rotatable bonds is 8. The molecular weight excluding hydrogens is 936 g/mol. The summed E-state index contributed by atoms with van der Waals surface area (Å²) < 4.78 is 28.5. The van der Waals surface area contributed by atoms with Crippen molar-refractivity contribution in [2.75, 3.05) is 82.9 Å². The lowest BCUT2D eigenvalue weighted by atomic mass is 9.81. The minimum atomic E-state index is -0.533. The Morgan fingerprint density at radius 1 is 0.892 bits per heavy atom. The Balaban J connectivity index is 0.000000638. The number of carbonyl (C=O) groups excluding carboxylic acids is 2. The van der Waals surface area contributed by atoms with Gasteiger partial charge in [-0.3, -0.25) is 19.3 Å². The third-order valence-electron chi connectivity index (χ3n) is 16.3. The summed E-state index contributed by atoms with van der Waals surface area (Å²) in [5.74, 6) is -0.228. The SMILES string of the molecule is CC#N.CCC1C(=O)OCc2c1cc1n(c2=O)Cc2c-1nc1cc(F)c(C)c3c1c2C(N(CC)CC(=O)N1CCN(c2nc(OC)nc4c2CCN(c2cccc5cccc(C)c25)C4)CC1)CC3.CN1CCCC1. The largest absolute Gasteiger partial charge is 0.467 e. The molecule has 2 atom stereocenters. The molecule has 0 bridgehead atoms. The van der Waals surface area contributed by atoms with Crippen LogP contribution in [0.5, 0.6) is 6.01 Å². The highest BCUT2D eigenvalue weighted by Crippen LogP contribution is 2.47. The van der Waals surface area contributed by atoms with E-state index < -0.39 is 5.92 Å². The Morgan fingerprint density at radius 3 is 2.32 bits per heavy atom. The molecule has 0 spiro atoms. The van der Waals surface area contributed by atoms with Crippen molar-refractivity contribution in [1.82, 2.24) is 34.2 Å². The molecule has 6 aromatic rings. The quantitative estimate of drug-likeness (QED) is 0.135. The molecule has 3 aromatic carbocycles. The predicted molar refractivity (Wildman–Crippen MR) is 285 cm³/mol. The Kier molecular flexibility index (Phi) is 14.4. The molecule has 386 valence electrons. The van der Waals surface area contributed by atoms with Gasteiger partial charge in [-0.05, 0) is 124 Å². The minimum absolute atomic E-state index is 0.0555. The van der Waals surface area contributed by atoms with Gasteiger partial charge >= 0.3 is 12.0 Å². The van der Waals surface area contributed by atoms with Crippen LogP contribution in [0.3, 0.4) is 0 Å². The van der Waals surface area contributed by atoms with Crippen molar-refractivity contribution in [2.24, 2.45) is 0 Å². The number of ether oxygens (including phenoxy) is 2. The second-order valence-electron chi connectivity index (χ2n) is 20.4. The number of benzene rings is 3. The first kappa shape index (κ1) is 50.6. The van der Waals surface area contributed by atoms with Crippen LogP contribution < -0.4 is 20.1 Å². The molecule has 12 rings (SSSR count). The van der Waals surface area contributed by atoms with Gasteiger partial charge in [0.25, 0.3) is 5.56 Å². The van der Waals surface area contributed by atoms with Crippen LogP contribution in [0.15, 0.2) is 53.3 Å². The molecule has 16 heteroatoms. The highest BCUT2D eigenvalue weighted by atomic mass is 19.1. The number of aromatic nitrogens is 4. The number of esters is 1. The number of halogens is 1. The van der Waals surface area contributed by atoms with Crippen LogP contribution in [-0.4, -0.2) is 119 Å². The smallest absolute Gasteiger partial charge is 0.318 e.